The fraction of sp³-hybridized carbons (Fsp3) is 0.714. The monoisotopic (exact) mass is 267 g/mol. The molecule has 0 aliphatic heterocycles. The standard InChI is InChI=1S/C14H25N3O2/c1-9(2)6-11(8-18)15-14(19)12-7-13(10(3)4)17(5)16-12/h7,9-11,18H,6,8H2,1-5H3,(H,15,19). The number of aliphatic hydroxyl groups excluding tert-OH is 1. The lowest BCUT2D eigenvalue weighted by Crippen LogP contribution is -2.38. The van der Waals surface area contributed by atoms with E-state index in [1.165, 1.54) is 0 Å². The molecule has 1 aromatic heterocycles. The second kappa shape index (κ2) is 6.70. The van der Waals surface area contributed by atoms with Gasteiger partial charge in [-0.1, -0.05) is 27.7 Å². The van der Waals surface area contributed by atoms with Crippen LogP contribution in [0.4, 0.5) is 0 Å². The van der Waals surface area contributed by atoms with Crippen LogP contribution in [0.1, 0.15) is 56.2 Å². The van der Waals surface area contributed by atoms with E-state index in [2.05, 4.69) is 38.1 Å². The number of carbonyl (C=O) groups excluding carboxylic acids is 1. The number of hydrogen-bond donors (Lipinski definition) is 2. The minimum Gasteiger partial charge on any atom is -0.394 e. The number of aliphatic hydroxyl groups is 1. The molecule has 0 fully saturated rings. The summed E-state index contributed by atoms with van der Waals surface area (Å²) in [5, 5.41) is 16.3. The lowest BCUT2D eigenvalue weighted by Gasteiger charge is -2.17. The van der Waals surface area contributed by atoms with Crippen molar-refractivity contribution in [1.29, 1.82) is 0 Å². The second-order valence-corrected chi connectivity index (χ2v) is 5.72. The first-order valence-corrected chi connectivity index (χ1v) is 6.80. The fourth-order valence-electron chi connectivity index (χ4n) is 2.14. The topological polar surface area (TPSA) is 67.2 Å². The highest BCUT2D eigenvalue weighted by Gasteiger charge is 2.18. The van der Waals surface area contributed by atoms with Crippen LogP contribution in [0.3, 0.4) is 0 Å². The molecular weight excluding hydrogens is 242 g/mol. The molecule has 1 aromatic rings. The Morgan fingerprint density at radius 1 is 1.42 bits per heavy atom. The molecule has 2 N–H and O–H groups in total. The van der Waals surface area contributed by atoms with Crippen molar-refractivity contribution in [2.45, 2.75) is 46.1 Å². The molecular formula is C14H25N3O2. The molecule has 108 valence electrons. The van der Waals surface area contributed by atoms with Crippen molar-refractivity contribution in [3.05, 3.63) is 17.5 Å². The summed E-state index contributed by atoms with van der Waals surface area (Å²) in [5.74, 6) is 0.526. The molecule has 0 bridgehead atoms. The van der Waals surface area contributed by atoms with Gasteiger partial charge in [0.25, 0.3) is 5.91 Å². The van der Waals surface area contributed by atoms with Gasteiger partial charge in [0, 0.05) is 12.7 Å². The van der Waals surface area contributed by atoms with Gasteiger partial charge in [-0.15, -0.1) is 0 Å². The fourth-order valence-corrected chi connectivity index (χ4v) is 2.14. The number of amides is 1. The maximum Gasteiger partial charge on any atom is 0.272 e. The van der Waals surface area contributed by atoms with Gasteiger partial charge in [-0.2, -0.15) is 5.10 Å². The van der Waals surface area contributed by atoms with Gasteiger partial charge in [0.1, 0.15) is 5.69 Å². The van der Waals surface area contributed by atoms with Crippen LogP contribution < -0.4 is 5.32 Å². The minimum atomic E-state index is -0.220. The zero-order chi connectivity index (χ0) is 14.6. The van der Waals surface area contributed by atoms with E-state index in [0.717, 1.165) is 12.1 Å². The lowest BCUT2D eigenvalue weighted by atomic mass is 10.0. The maximum atomic E-state index is 12.1. The van der Waals surface area contributed by atoms with E-state index in [1.807, 2.05) is 13.1 Å². The average molecular weight is 267 g/mol. The molecule has 0 aliphatic carbocycles. The molecule has 5 nitrogen and oxygen atoms in total. The maximum absolute atomic E-state index is 12.1. The summed E-state index contributed by atoms with van der Waals surface area (Å²) in [7, 11) is 1.84. The summed E-state index contributed by atoms with van der Waals surface area (Å²) < 4.78 is 1.73. The van der Waals surface area contributed by atoms with Crippen molar-refractivity contribution in [2.75, 3.05) is 6.61 Å². The minimum absolute atomic E-state index is 0.0478. The first kappa shape index (κ1) is 15.7. The zero-order valence-electron chi connectivity index (χ0n) is 12.5. The first-order valence-electron chi connectivity index (χ1n) is 6.80. The Balaban J connectivity index is 2.74. The largest absolute Gasteiger partial charge is 0.394 e. The van der Waals surface area contributed by atoms with Gasteiger partial charge in [0.2, 0.25) is 0 Å². The van der Waals surface area contributed by atoms with Crippen LogP contribution in [0.5, 0.6) is 0 Å². The summed E-state index contributed by atoms with van der Waals surface area (Å²) in [6, 6.07) is 1.60. The van der Waals surface area contributed by atoms with Gasteiger partial charge in [0.05, 0.1) is 12.6 Å². The van der Waals surface area contributed by atoms with E-state index in [4.69, 9.17) is 0 Å². The number of aromatic nitrogens is 2. The third-order valence-electron chi connectivity index (χ3n) is 3.05. The van der Waals surface area contributed by atoms with Crippen LogP contribution in [-0.2, 0) is 7.05 Å². The van der Waals surface area contributed by atoms with Gasteiger partial charge in [-0.3, -0.25) is 9.48 Å². The number of aryl methyl sites for hydroxylation is 1. The van der Waals surface area contributed by atoms with E-state index >= 15 is 0 Å². The van der Waals surface area contributed by atoms with Gasteiger partial charge >= 0.3 is 0 Å². The van der Waals surface area contributed by atoms with Crippen LogP contribution in [0.15, 0.2) is 6.07 Å². The van der Waals surface area contributed by atoms with Crippen molar-refractivity contribution >= 4 is 5.91 Å². The van der Waals surface area contributed by atoms with Gasteiger partial charge in [0.15, 0.2) is 0 Å². The highest BCUT2D eigenvalue weighted by Crippen LogP contribution is 2.15. The molecule has 1 rings (SSSR count). The third-order valence-corrected chi connectivity index (χ3v) is 3.05. The summed E-state index contributed by atoms with van der Waals surface area (Å²) in [4.78, 5) is 12.1. The highest BCUT2D eigenvalue weighted by molar-refractivity contribution is 5.92. The molecule has 0 aliphatic rings. The highest BCUT2D eigenvalue weighted by atomic mass is 16.3. The Hall–Kier alpha value is -1.36. The van der Waals surface area contributed by atoms with Gasteiger partial charge < -0.3 is 10.4 Å². The number of rotatable bonds is 6. The van der Waals surface area contributed by atoms with Crippen molar-refractivity contribution in [3.8, 4) is 0 Å². The predicted octanol–water partition coefficient (Wildman–Crippen LogP) is 1.68. The smallest absolute Gasteiger partial charge is 0.272 e. The second-order valence-electron chi connectivity index (χ2n) is 5.72. The quantitative estimate of drug-likeness (QED) is 0.824. The van der Waals surface area contributed by atoms with Crippen LogP contribution in [0.2, 0.25) is 0 Å². The van der Waals surface area contributed by atoms with E-state index in [-0.39, 0.29) is 18.6 Å². The average Bonchev–Trinajstić information content (AvgIpc) is 2.70. The van der Waals surface area contributed by atoms with E-state index < -0.39 is 0 Å². The van der Waals surface area contributed by atoms with Crippen LogP contribution >= 0.6 is 0 Å². The summed E-state index contributed by atoms with van der Waals surface area (Å²) >= 11 is 0. The zero-order valence-corrected chi connectivity index (χ0v) is 12.5. The number of nitrogens with one attached hydrogen (secondary N) is 1. The molecule has 1 amide bonds. The molecule has 19 heavy (non-hydrogen) atoms. The normalized spacial score (nSPS) is 13.1. The van der Waals surface area contributed by atoms with Crippen molar-refractivity contribution < 1.29 is 9.90 Å². The molecule has 1 heterocycles. The van der Waals surface area contributed by atoms with Crippen molar-refractivity contribution in [2.24, 2.45) is 13.0 Å². The Morgan fingerprint density at radius 2 is 2.05 bits per heavy atom. The number of hydrogen-bond acceptors (Lipinski definition) is 3. The molecule has 0 saturated heterocycles. The van der Waals surface area contributed by atoms with E-state index in [0.29, 0.717) is 17.5 Å². The molecule has 1 unspecified atom stereocenters. The predicted molar refractivity (Wildman–Crippen MR) is 75.1 cm³/mol. The van der Waals surface area contributed by atoms with Crippen LogP contribution in [0, 0.1) is 5.92 Å². The SMILES string of the molecule is CC(C)CC(CO)NC(=O)c1cc(C(C)C)n(C)n1. The first-order chi connectivity index (χ1) is 8.85. The molecule has 1 atom stereocenters. The van der Waals surface area contributed by atoms with Crippen molar-refractivity contribution in [1.82, 2.24) is 15.1 Å². The summed E-state index contributed by atoms with van der Waals surface area (Å²) in [6.07, 6.45) is 0.756. The Bertz CT molecular complexity index is 424. The Labute approximate surface area is 115 Å². The molecule has 5 heteroatoms. The lowest BCUT2D eigenvalue weighted by molar-refractivity contribution is 0.0902. The van der Waals surface area contributed by atoms with Crippen LogP contribution in [0.25, 0.3) is 0 Å². The summed E-state index contributed by atoms with van der Waals surface area (Å²) in [6.45, 7) is 8.20. The summed E-state index contributed by atoms with van der Waals surface area (Å²) in [5.41, 5.74) is 1.43. The number of nitrogens with zero attached hydrogens (tertiary/aromatic N) is 2. The molecule has 0 aromatic carbocycles. The number of carbonyl (C=O) groups is 1. The molecule has 0 spiro atoms. The third kappa shape index (κ3) is 4.35. The van der Waals surface area contributed by atoms with E-state index in [9.17, 15) is 9.90 Å². The van der Waals surface area contributed by atoms with Gasteiger partial charge in [-0.25, -0.2) is 0 Å². The van der Waals surface area contributed by atoms with Crippen molar-refractivity contribution in [3.63, 3.8) is 0 Å². The van der Waals surface area contributed by atoms with Gasteiger partial charge in [-0.05, 0) is 24.3 Å². The Morgan fingerprint density at radius 3 is 2.47 bits per heavy atom. The van der Waals surface area contributed by atoms with Crippen LogP contribution in [-0.4, -0.2) is 33.4 Å². The molecule has 0 radical (unpaired) electrons. The Kier molecular flexibility index (Phi) is 5.54. The van der Waals surface area contributed by atoms with E-state index in [1.54, 1.807) is 4.68 Å². The molecule has 0 saturated carbocycles.